The molecule has 7 heteroatoms. The van der Waals surface area contributed by atoms with E-state index in [2.05, 4.69) is 38.8 Å². The predicted octanol–water partition coefficient (Wildman–Crippen LogP) is 4.50. The Kier molecular flexibility index (Phi) is 5.62. The van der Waals surface area contributed by atoms with Crippen LogP contribution in [-0.4, -0.2) is 48.3 Å². The number of rotatable bonds is 5. The minimum atomic E-state index is -0.887. The molecule has 1 unspecified atom stereocenters. The van der Waals surface area contributed by atoms with Gasteiger partial charge in [0.05, 0.1) is 36.6 Å². The molecule has 1 saturated heterocycles. The lowest BCUT2D eigenvalue weighted by Crippen LogP contribution is -2.46. The molecule has 29 heavy (non-hydrogen) atoms. The number of nitrogens with one attached hydrogen (secondary N) is 1. The first kappa shape index (κ1) is 20.3. The highest BCUT2D eigenvalue weighted by atomic mass is 79.9. The van der Waals surface area contributed by atoms with Gasteiger partial charge in [0.25, 0.3) is 0 Å². The summed E-state index contributed by atoms with van der Waals surface area (Å²) in [6, 6.07) is 4.25. The summed E-state index contributed by atoms with van der Waals surface area (Å²) >= 11 is 3.60. The van der Waals surface area contributed by atoms with Crippen molar-refractivity contribution in [1.29, 1.82) is 0 Å². The highest BCUT2D eigenvalue weighted by Crippen LogP contribution is 2.47. The maximum atomic E-state index is 11.9. The maximum absolute atomic E-state index is 11.9. The SMILES string of the molecule is CC[C@@H]1CN2CCc3c([nH]c4ccc(Br)c(OC)c34)C2C[C@@H]1C(=COC)C(=O)O. The lowest BCUT2D eigenvalue weighted by molar-refractivity contribution is -0.134. The van der Waals surface area contributed by atoms with E-state index >= 15 is 0 Å². The second-order valence-corrected chi connectivity index (χ2v) is 8.76. The van der Waals surface area contributed by atoms with Crippen molar-refractivity contribution in [2.75, 3.05) is 27.3 Å². The summed E-state index contributed by atoms with van der Waals surface area (Å²) in [6.45, 7) is 4.01. The van der Waals surface area contributed by atoms with Crippen LogP contribution in [0.5, 0.6) is 5.75 Å². The molecule has 0 spiro atoms. The van der Waals surface area contributed by atoms with E-state index in [1.807, 2.05) is 6.07 Å². The average Bonchev–Trinajstić information content (AvgIpc) is 3.10. The third-order valence-electron chi connectivity index (χ3n) is 6.56. The van der Waals surface area contributed by atoms with Gasteiger partial charge in [0.15, 0.2) is 0 Å². The van der Waals surface area contributed by atoms with E-state index < -0.39 is 5.97 Å². The summed E-state index contributed by atoms with van der Waals surface area (Å²) in [5.74, 6) is 0.239. The number of carbonyl (C=O) groups is 1. The minimum absolute atomic E-state index is 0.0373. The van der Waals surface area contributed by atoms with Crippen molar-refractivity contribution in [3.8, 4) is 5.75 Å². The van der Waals surface area contributed by atoms with E-state index in [0.29, 0.717) is 11.5 Å². The van der Waals surface area contributed by atoms with Crippen molar-refractivity contribution in [3.05, 3.63) is 39.7 Å². The summed E-state index contributed by atoms with van der Waals surface area (Å²) in [7, 11) is 3.21. The van der Waals surface area contributed by atoms with Crippen LogP contribution < -0.4 is 4.74 Å². The number of hydrogen-bond acceptors (Lipinski definition) is 4. The van der Waals surface area contributed by atoms with E-state index in [-0.39, 0.29) is 12.0 Å². The monoisotopic (exact) mass is 462 g/mol. The number of carboxylic acid groups (broad SMARTS) is 1. The molecule has 2 aliphatic heterocycles. The van der Waals surface area contributed by atoms with Gasteiger partial charge in [0, 0.05) is 29.7 Å². The minimum Gasteiger partial charge on any atom is -0.504 e. The second-order valence-electron chi connectivity index (χ2n) is 7.91. The Morgan fingerprint density at radius 2 is 2.21 bits per heavy atom. The van der Waals surface area contributed by atoms with Gasteiger partial charge in [0.1, 0.15) is 5.75 Å². The van der Waals surface area contributed by atoms with Gasteiger partial charge in [-0.2, -0.15) is 0 Å². The molecule has 0 saturated carbocycles. The number of carboxylic acids is 1. The largest absolute Gasteiger partial charge is 0.504 e. The number of aliphatic carboxylic acids is 1. The molecule has 6 nitrogen and oxygen atoms in total. The zero-order valence-corrected chi connectivity index (χ0v) is 18.6. The number of aromatic nitrogens is 1. The topological polar surface area (TPSA) is 74.8 Å². The molecule has 1 aromatic carbocycles. The molecule has 2 aliphatic rings. The number of fused-ring (bicyclic) bond motifs is 5. The number of aromatic amines is 1. The second kappa shape index (κ2) is 8.03. The Morgan fingerprint density at radius 3 is 2.86 bits per heavy atom. The number of ether oxygens (including phenoxy) is 2. The fourth-order valence-electron chi connectivity index (χ4n) is 5.22. The van der Waals surface area contributed by atoms with E-state index in [0.717, 1.165) is 53.5 Å². The van der Waals surface area contributed by atoms with Crippen molar-refractivity contribution in [2.24, 2.45) is 11.8 Å². The van der Waals surface area contributed by atoms with E-state index in [4.69, 9.17) is 9.47 Å². The zero-order chi connectivity index (χ0) is 20.7. The van der Waals surface area contributed by atoms with Gasteiger partial charge in [-0.05, 0) is 58.3 Å². The van der Waals surface area contributed by atoms with Gasteiger partial charge in [-0.3, -0.25) is 4.90 Å². The van der Waals surface area contributed by atoms with E-state index in [1.54, 1.807) is 7.11 Å². The number of halogens is 1. The third-order valence-corrected chi connectivity index (χ3v) is 7.19. The van der Waals surface area contributed by atoms with Crippen LogP contribution in [0.15, 0.2) is 28.4 Å². The number of H-pyrrole nitrogens is 1. The summed E-state index contributed by atoms with van der Waals surface area (Å²) < 4.78 is 11.8. The summed E-state index contributed by atoms with van der Waals surface area (Å²) in [5.41, 5.74) is 3.93. The molecule has 1 fully saturated rings. The predicted molar refractivity (Wildman–Crippen MR) is 115 cm³/mol. The average molecular weight is 463 g/mol. The molecule has 0 bridgehead atoms. The molecular formula is C22H27BrN2O4. The van der Waals surface area contributed by atoms with Crippen molar-refractivity contribution in [3.63, 3.8) is 0 Å². The Bertz CT molecular complexity index is 967. The first-order valence-electron chi connectivity index (χ1n) is 10.1. The van der Waals surface area contributed by atoms with Gasteiger partial charge < -0.3 is 19.6 Å². The van der Waals surface area contributed by atoms with Crippen LogP contribution in [0, 0.1) is 11.8 Å². The van der Waals surface area contributed by atoms with Gasteiger partial charge in [0.2, 0.25) is 0 Å². The molecule has 3 heterocycles. The number of piperidine rings is 1. The Hall–Kier alpha value is -1.99. The van der Waals surface area contributed by atoms with Crippen LogP contribution in [0.3, 0.4) is 0 Å². The molecular weight excluding hydrogens is 436 g/mol. The van der Waals surface area contributed by atoms with Crippen molar-refractivity contribution < 1.29 is 19.4 Å². The fourth-order valence-corrected chi connectivity index (χ4v) is 5.71. The quantitative estimate of drug-likeness (QED) is 0.505. The molecule has 2 N–H and O–H groups in total. The van der Waals surface area contributed by atoms with Crippen molar-refractivity contribution in [1.82, 2.24) is 9.88 Å². The lowest BCUT2D eigenvalue weighted by Gasteiger charge is -2.46. The molecule has 0 radical (unpaired) electrons. The summed E-state index contributed by atoms with van der Waals surface area (Å²) in [4.78, 5) is 18.1. The highest BCUT2D eigenvalue weighted by molar-refractivity contribution is 9.10. The number of benzene rings is 1. The first-order chi connectivity index (χ1) is 14.0. The van der Waals surface area contributed by atoms with Crippen LogP contribution >= 0.6 is 15.9 Å². The molecule has 2 aromatic rings. The van der Waals surface area contributed by atoms with Crippen LogP contribution in [0.1, 0.15) is 37.1 Å². The third kappa shape index (κ3) is 3.34. The van der Waals surface area contributed by atoms with Gasteiger partial charge in [-0.1, -0.05) is 13.3 Å². The molecule has 156 valence electrons. The number of nitrogens with zero attached hydrogens (tertiary/aromatic N) is 1. The standard InChI is InChI=1S/C22H27BrN2O4/c1-4-12-10-25-8-7-13-19-17(6-5-16(23)21(19)29-3)24-20(13)18(25)9-14(12)15(11-28-2)22(26)27/h5-6,11-12,14,18,24H,4,7-10H2,1-3H3,(H,26,27)/t12-,14+,18?/m1/s1. The van der Waals surface area contributed by atoms with Crippen LogP contribution in [-0.2, 0) is 16.0 Å². The number of methoxy groups -OCH3 is 2. The van der Waals surface area contributed by atoms with Gasteiger partial charge in [-0.25, -0.2) is 4.79 Å². The normalized spacial score (nSPS) is 24.8. The van der Waals surface area contributed by atoms with Gasteiger partial charge in [-0.15, -0.1) is 0 Å². The van der Waals surface area contributed by atoms with Crippen molar-refractivity contribution in [2.45, 2.75) is 32.2 Å². The molecule has 4 rings (SSSR count). The van der Waals surface area contributed by atoms with E-state index in [9.17, 15) is 9.90 Å². The molecule has 1 aromatic heterocycles. The van der Waals surface area contributed by atoms with E-state index in [1.165, 1.54) is 24.6 Å². The zero-order valence-electron chi connectivity index (χ0n) is 17.0. The smallest absolute Gasteiger partial charge is 0.334 e. The number of hydrogen-bond donors (Lipinski definition) is 2. The Balaban J connectivity index is 1.79. The van der Waals surface area contributed by atoms with Crippen LogP contribution in [0.4, 0.5) is 0 Å². The first-order valence-corrected chi connectivity index (χ1v) is 10.9. The Labute approximate surface area is 179 Å². The lowest BCUT2D eigenvalue weighted by atomic mass is 9.74. The van der Waals surface area contributed by atoms with Crippen LogP contribution in [0.2, 0.25) is 0 Å². The Morgan fingerprint density at radius 1 is 1.41 bits per heavy atom. The molecule has 0 amide bonds. The summed E-state index contributed by atoms with van der Waals surface area (Å²) in [5, 5.41) is 10.9. The maximum Gasteiger partial charge on any atom is 0.334 e. The van der Waals surface area contributed by atoms with Gasteiger partial charge >= 0.3 is 5.97 Å². The highest BCUT2D eigenvalue weighted by Gasteiger charge is 2.42. The molecule has 0 aliphatic carbocycles. The molecule has 3 atom stereocenters. The summed E-state index contributed by atoms with van der Waals surface area (Å²) in [6.07, 6.45) is 4.09. The van der Waals surface area contributed by atoms with Crippen LogP contribution in [0.25, 0.3) is 10.9 Å². The van der Waals surface area contributed by atoms with Crippen molar-refractivity contribution >= 4 is 32.8 Å². The fraction of sp³-hybridized carbons (Fsp3) is 0.500.